The molecular weight excluding hydrogens is 514 g/mol. The molecule has 4 N–H and O–H groups in total. The van der Waals surface area contributed by atoms with Crippen LogP contribution in [0.5, 0.6) is 0 Å². The Morgan fingerprint density at radius 3 is 2.51 bits per heavy atom. The fourth-order valence-corrected chi connectivity index (χ4v) is 5.65. The Balaban J connectivity index is 1.45. The number of aliphatic hydroxyl groups is 3. The highest BCUT2D eigenvalue weighted by Gasteiger charge is 2.37. The van der Waals surface area contributed by atoms with Crippen molar-refractivity contribution in [2.75, 3.05) is 31.1 Å². The number of fused-ring (bicyclic) bond motifs is 1. The van der Waals surface area contributed by atoms with Crippen LogP contribution in [-0.4, -0.2) is 71.9 Å². The van der Waals surface area contributed by atoms with E-state index in [-0.39, 0.29) is 18.7 Å². The number of hydrogen-bond donors (Lipinski definition) is 4. The third-order valence-corrected chi connectivity index (χ3v) is 7.89. The lowest BCUT2D eigenvalue weighted by atomic mass is 10.00. The number of rotatable bonds is 10. The maximum atomic E-state index is 12.6. The number of hydrogen-bond acceptors (Lipinski definition) is 8. The number of nitrogens with one attached hydrogen (secondary N) is 1. The van der Waals surface area contributed by atoms with Crippen molar-refractivity contribution in [1.82, 2.24) is 5.32 Å². The third kappa shape index (κ3) is 6.85. The van der Waals surface area contributed by atoms with E-state index >= 15 is 0 Å². The first-order valence-electron chi connectivity index (χ1n) is 13.3. The number of amides is 1. The molecule has 3 aromatic rings. The summed E-state index contributed by atoms with van der Waals surface area (Å²) in [6.45, 7) is 6.21. The van der Waals surface area contributed by atoms with Crippen LogP contribution in [0.1, 0.15) is 31.6 Å². The molecule has 0 spiro atoms. The molecule has 1 amide bonds. The second-order valence-electron chi connectivity index (χ2n) is 9.74. The lowest BCUT2D eigenvalue weighted by molar-refractivity contribution is -0.185. The molecular formula is C30H35N3O5S. The van der Waals surface area contributed by atoms with Gasteiger partial charge in [0, 0.05) is 35.1 Å². The lowest BCUT2D eigenvalue weighted by Gasteiger charge is -2.35. The first-order valence-corrected chi connectivity index (χ1v) is 14.1. The van der Waals surface area contributed by atoms with E-state index in [2.05, 4.69) is 60.5 Å². The van der Waals surface area contributed by atoms with Crippen molar-refractivity contribution >= 4 is 39.8 Å². The molecule has 0 saturated carbocycles. The lowest BCUT2D eigenvalue weighted by Crippen LogP contribution is -2.56. The Bertz CT molecular complexity index is 1360. The normalized spacial score (nSPS) is 21.5. The molecule has 9 heteroatoms. The molecule has 2 heterocycles. The molecule has 0 radical (unpaired) electrons. The number of nitrogens with zero attached hydrogens (tertiary/aromatic N) is 2. The van der Waals surface area contributed by atoms with E-state index in [0.717, 1.165) is 46.6 Å². The molecule has 1 aliphatic rings. The van der Waals surface area contributed by atoms with Gasteiger partial charge in [-0.3, -0.25) is 4.79 Å². The first kappa shape index (κ1) is 28.7. The summed E-state index contributed by atoms with van der Waals surface area (Å²) in [5.41, 5.74) is 2.22. The average molecular weight is 550 g/mol. The number of nitriles is 1. The maximum absolute atomic E-state index is 12.6. The van der Waals surface area contributed by atoms with Gasteiger partial charge in [-0.05, 0) is 65.6 Å². The minimum absolute atomic E-state index is 0.0796. The predicted octanol–water partition coefficient (Wildman–Crippen LogP) is 3.70. The summed E-state index contributed by atoms with van der Waals surface area (Å²) in [4.78, 5) is 16.8. The number of carbonyl (C=O) groups excluding carboxylic acids is 1. The van der Waals surface area contributed by atoms with Gasteiger partial charge in [-0.15, -0.1) is 11.3 Å². The van der Waals surface area contributed by atoms with E-state index in [9.17, 15) is 25.4 Å². The molecule has 1 aliphatic heterocycles. The Kier molecular flexibility index (Phi) is 9.73. The molecule has 2 aromatic carbocycles. The summed E-state index contributed by atoms with van der Waals surface area (Å²) >= 11 is 1.48. The fraction of sp³-hybridized carbons (Fsp3) is 0.400. The van der Waals surface area contributed by atoms with Crippen LogP contribution in [0.25, 0.3) is 27.3 Å². The number of carbonyl (C=O) groups is 1. The fourth-order valence-electron chi connectivity index (χ4n) is 4.70. The number of benzene rings is 2. The molecule has 206 valence electrons. The van der Waals surface area contributed by atoms with Crippen LogP contribution in [0.4, 0.5) is 5.69 Å². The van der Waals surface area contributed by atoms with E-state index in [1.807, 2.05) is 18.2 Å². The van der Waals surface area contributed by atoms with Gasteiger partial charge in [0.05, 0.1) is 6.61 Å². The minimum atomic E-state index is -1.36. The van der Waals surface area contributed by atoms with E-state index in [0.29, 0.717) is 0 Å². The van der Waals surface area contributed by atoms with E-state index in [1.54, 1.807) is 0 Å². The molecule has 1 saturated heterocycles. The number of anilines is 1. The second kappa shape index (κ2) is 13.2. The van der Waals surface area contributed by atoms with Crippen LogP contribution in [0, 0.1) is 11.3 Å². The molecule has 4 atom stereocenters. The molecule has 1 fully saturated rings. The molecule has 39 heavy (non-hydrogen) atoms. The van der Waals surface area contributed by atoms with Crippen molar-refractivity contribution in [3.63, 3.8) is 0 Å². The Hall–Kier alpha value is -3.26. The summed E-state index contributed by atoms with van der Waals surface area (Å²) < 4.78 is 5.30. The Morgan fingerprint density at radius 2 is 1.79 bits per heavy atom. The third-order valence-electron chi connectivity index (χ3n) is 6.81. The van der Waals surface area contributed by atoms with E-state index in [1.165, 1.54) is 28.5 Å². The van der Waals surface area contributed by atoms with E-state index < -0.39 is 30.3 Å². The monoisotopic (exact) mass is 549 g/mol. The highest BCUT2D eigenvalue weighted by molar-refractivity contribution is 7.16. The van der Waals surface area contributed by atoms with Crippen LogP contribution in [0.15, 0.2) is 54.1 Å². The van der Waals surface area contributed by atoms with Crippen molar-refractivity contribution in [2.24, 2.45) is 0 Å². The quantitative estimate of drug-likeness (QED) is 0.224. The van der Waals surface area contributed by atoms with Crippen molar-refractivity contribution in [1.29, 1.82) is 5.26 Å². The van der Waals surface area contributed by atoms with Gasteiger partial charge >= 0.3 is 0 Å². The summed E-state index contributed by atoms with van der Waals surface area (Å²) in [6.07, 6.45) is -1.02. The zero-order chi connectivity index (χ0) is 27.9. The largest absolute Gasteiger partial charge is 0.388 e. The van der Waals surface area contributed by atoms with Gasteiger partial charge in [0.2, 0.25) is 0 Å². The van der Waals surface area contributed by atoms with Gasteiger partial charge in [-0.2, -0.15) is 5.26 Å². The van der Waals surface area contributed by atoms with Crippen LogP contribution in [0.3, 0.4) is 0 Å². The number of thiophene rings is 1. The van der Waals surface area contributed by atoms with Crippen LogP contribution in [-0.2, 0) is 9.53 Å². The smallest absolute Gasteiger partial charge is 0.262 e. The Labute approximate surface area is 232 Å². The SMILES string of the molecule is CCCN(CCC)c1ccc2cc(-c3ccc(/C=C(\C#N)C(=O)NC[C@H]4OC[C@H](O)[C@@H](O)[C@@H]4O)s3)ccc2c1. The van der Waals surface area contributed by atoms with Gasteiger partial charge < -0.3 is 30.3 Å². The van der Waals surface area contributed by atoms with Crippen molar-refractivity contribution in [3.05, 3.63) is 59.0 Å². The summed E-state index contributed by atoms with van der Waals surface area (Å²) in [7, 11) is 0. The molecule has 0 unspecified atom stereocenters. The zero-order valence-electron chi connectivity index (χ0n) is 22.2. The van der Waals surface area contributed by atoms with Crippen molar-refractivity contribution in [2.45, 2.75) is 51.1 Å². The van der Waals surface area contributed by atoms with Gasteiger partial charge in [0.15, 0.2) is 0 Å². The van der Waals surface area contributed by atoms with Crippen molar-refractivity contribution < 1.29 is 24.9 Å². The minimum Gasteiger partial charge on any atom is -0.388 e. The van der Waals surface area contributed by atoms with Gasteiger partial charge in [0.1, 0.15) is 36.1 Å². The van der Waals surface area contributed by atoms with Gasteiger partial charge in [-0.25, -0.2) is 0 Å². The summed E-state index contributed by atoms with van der Waals surface area (Å²) in [5, 5.41) is 43.9. The predicted molar refractivity (Wildman–Crippen MR) is 154 cm³/mol. The van der Waals surface area contributed by atoms with Crippen molar-refractivity contribution in [3.8, 4) is 16.5 Å². The number of aliphatic hydroxyl groups excluding tert-OH is 3. The highest BCUT2D eigenvalue weighted by atomic mass is 32.1. The van der Waals surface area contributed by atoms with E-state index in [4.69, 9.17) is 4.74 Å². The standard InChI is InChI=1S/C30H35N3O5S/c1-3-11-33(12-4-2)23-8-7-19-13-21(6-5-20(19)14-23)27-10-9-24(39-27)15-22(16-31)30(37)32-17-26-29(36)28(35)25(34)18-38-26/h5-10,13-15,25-26,28-29,34-36H,3-4,11-12,17-18H2,1-2H3,(H,32,37)/b22-15+/t25-,26+,28+,29+/m0/s1. The summed E-state index contributed by atoms with van der Waals surface area (Å²) in [6, 6.07) is 18.7. The van der Waals surface area contributed by atoms with Gasteiger partial charge in [-0.1, -0.05) is 32.0 Å². The summed E-state index contributed by atoms with van der Waals surface area (Å²) in [5.74, 6) is -0.606. The first-order chi connectivity index (χ1) is 18.8. The van der Waals surface area contributed by atoms with Crippen LogP contribution < -0.4 is 10.2 Å². The maximum Gasteiger partial charge on any atom is 0.262 e. The van der Waals surface area contributed by atoms with Gasteiger partial charge in [0.25, 0.3) is 5.91 Å². The van der Waals surface area contributed by atoms with Crippen LogP contribution in [0.2, 0.25) is 0 Å². The molecule has 1 aromatic heterocycles. The topological polar surface area (TPSA) is 126 Å². The van der Waals surface area contributed by atoms with Crippen LogP contribution >= 0.6 is 11.3 Å². The molecule has 0 aliphatic carbocycles. The average Bonchev–Trinajstić information content (AvgIpc) is 3.42. The second-order valence-corrected chi connectivity index (χ2v) is 10.9. The zero-order valence-corrected chi connectivity index (χ0v) is 23.0. The number of ether oxygens (including phenoxy) is 1. The molecule has 4 rings (SSSR count). The molecule has 0 bridgehead atoms. The molecule has 8 nitrogen and oxygen atoms in total. The Morgan fingerprint density at radius 1 is 1.08 bits per heavy atom. The highest BCUT2D eigenvalue weighted by Crippen LogP contribution is 2.33.